The molecule has 6 heteroatoms. The third-order valence-corrected chi connectivity index (χ3v) is 2.99. The third-order valence-electron chi connectivity index (χ3n) is 2.99. The van der Waals surface area contributed by atoms with Gasteiger partial charge in [-0.25, -0.2) is 4.79 Å². The summed E-state index contributed by atoms with van der Waals surface area (Å²) in [5.41, 5.74) is 0.409. The van der Waals surface area contributed by atoms with Crippen molar-refractivity contribution >= 4 is 17.8 Å². The van der Waals surface area contributed by atoms with Crippen molar-refractivity contribution in [3.05, 3.63) is 65.7 Å². The molecule has 0 heterocycles. The highest BCUT2D eigenvalue weighted by molar-refractivity contribution is 5.94. The van der Waals surface area contributed by atoms with E-state index < -0.39 is 11.9 Å². The lowest BCUT2D eigenvalue weighted by Gasteiger charge is -2.08. The van der Waals surface area contributed by atoms with E-state index in [4.69, 9.17) is 9.84 Å². The molecule has 0 unspecified atom stereocenters. The van der Waals surface area contributed by atoms with Gasteiger partial charge in [-0.1, -0.05) is 30.3 Å². The Hall–Kier alpha value is -3.15. The number of para-hydroxylation sites is 1. The number of hydrogen-bond donors (Lipinski definition) is 2. The van der Waals surface area contributed by atoms with Crippen LogP contribution in [0.25, 0.3) is 0 Å². The number of carbonyl (C=O) groups excluding carboxylic acids is 2. The predicted octanol–water partition coefficient (Wildman–Crippen LogP) is 2.11. The van der Waals surface area contributed by atoms with Crippen molar-refractivity contribution in [1.82, 2.24) is 5.32 Å². The van der Waals surface area contributed by atoms with E-state index in [2.05, 4.69) is 5.32 Å². The van der Waals surface area contributed by atoms with Crippen molar-refractivity contribution in [2.75, 3.05) is 6.54 Å². The van der Waals surface area contributed by atoms with Crippen LogP contribution in [0.5, 0.6) is 5.75 Å². The van der Waals surface area contributed by atoms with E-state index >= 15 is 0 Å². The fraction of sp³-hybridized carbons (Fsp3) is 0.118. The maximum Gasteiger partial charge on any atom is 0.339 e. The molecule has 2 N–H and O–H groups in total. The molecule has 0 saturated carbocycles. The number of ether oxygens (including phenoxy) is 1. The van der Waals surface area contributed by atoms with Crippen LogP contribution in [-0.4, -0.2) is 29.5 Å². The summed E-state index contributed by atoms with van der Waals surface area (Å²) in [4.78, 5) is 34.5. The molecule has 0 aliphatic carbocycles. The molecule has 2 aromatic rings. The van der Waals surface area contributed by atoms with Crippen LogP contribution in [0.4, 0.5) is 0 Å². The minimum atomic E-state index is -1.18. The number of esters is 1. The SMILES string of the molecule is O=C(CCNC(=O)c1ccccc1)Oc1ccccc1C(=O)O. The quantitative estimate of drug-likeness (QED) is 0.629. The lowest BCUT2D eigenvalue weighted by atomic mass is 10.2. The van der Waals surface area contributed by atoms with Crippen LogP contribution in [0.2, 0.25) is 0 Å². The molecule has 2 aromatic carbocycles. The summed E-state index contributed by atoms with van der Waals surface area (Å²) in [6.07, 6.45) is -0.0630. The average Bonchev–Trinajstić information content (AvgIpc) is 2.56. The molecule has 0 aromatic heterocycles. The van der Waals surface area contributed by atoms with Crippen molar-refractivity contribution in [3.8, 4) is 5.75 Å². The number of carboxylic acids is 1. The van der Waals surface area contributed by atoms with Crippen LogP contribution in [0.1, 0.15) is 27.1 Å². The molecule has 2 rings (SSSR count). The summed E-state index contributed by atoms with van der Waals surface area (Å²) in [6, 6.07) is 14.5. The molecule has 0 bridgehead atoms. The van der Waals surface area contributed by atoms with Gasteiger partial charge in [-0.3, -0.25) is 9.59 Å². The standard InChI is InChI=1S/C17H15NO5/c19-15(23-14-9-5-4-8-13(14)17(21)22)10-11-18-16(20)12-6-2-1-3-7-12/h1-9H,10-11H2,(H,18,20)(H,21,22). The molecule has 0 aliphatic heterocycles. The molecule has 0 fully saturated rings. The predicted molar refractivity (Wildman–Crippen MR) is 82.4 cm³/mol. The smallest absolute Gasteiger partial charge is 0.339 e. The third kappa shape index (κ3) is 4.67. The zero-order chi connectivity index (χ0) is 16.7. The van der Waals surface area contributed by atoms with E-state index in [1.54, 1.807) is 42.5 Å². The van der Waals surface area contributed by atoms with E-state index in [9.17, 15) is 14.4 Å². The van der Waals surface area contributed by atoms with Gasteiger partial charge in [-0.2, -0.15) is 0 Å². The first-order chi connectivity index (χ1) is 11.1. The molecular formula is C17H15NO5. The van der Waals surface area contributed by atoms with Gasteiger partial charge in [0.2, 0.25) is 0 Å². The Labute approximate surface area is 132 Å². The number of rotatable bonds is 6. The molecule has 0 spiro atoms. The van der Waals surface area contributed by atoms with Crippen LogP contribution >= 0.6 is 0 Å². The number of benzene rings is 2. The lowest BCUT2D eigenvalue weighted by Crippen LogP contribution is -2.27. The fourth-order valence-electron chi connectivity index (χ4n) is 1.88. The molecular weight excluding hydrogens is 298 g/mol. The molecule has 1 amide bonds. The Balaban J connectivity index is 1.84. The van der Waals surface area contributed by atoms with Gasteiger partial charge in [0.25, 0.3) is 5.91 Å². The van der Waals surface area contributed by atoms with Gasteiger partial charge >= 0.3 is 11.9 Å². The highest BCUT2D eigenvalue weighted by Crippen LogP contribution is 2.18. The van der Waals surface area contributed by atoms with Crippen molar-refractivity contribution in [2.24, 2.45) is 0 Å². The first-order valence-electron chi connectivity index (χ1n) is 6.94. The zero-order valence-electron chi connectivity index (χ0n) is 12.2. The molecule has 0 aliphatic rings. The van der Waals surface area contributed by atoms with Gasteiger partial charge in [-0.05, 0) is 24.3 Å². The van der Waals surface area contributed by atoms with Gasteiger partial charge in [0, 0.05) is 12.1 Å². The molecule has 6 nitrogen and oxygen atoms in total. The fourth-order valence-corrected chi connectivity index (χ4v) is 1.88. The topological polar surface area (TPSA) is 92.7 Å². The molecule has 0 saturated heterocycles. The highest BCUT2D eigenvalue weighted by Gasteiger charge is 2.14. The Morgan fingerprint density at radius 1 is 0.957 bits per heavy atom. The van der Waals surface area contributed by atoms with E-state index in [1.807, 2.05) is 0 Å². The Bertz CT molecular complexity index is 712. The van der Waals surface area contributed by atoms with Crippen LogP contribution < -0.4 is 10.1 Å². The van der Waals surface area contributed by atoms with Crippen molar-refractivity contribution in [2.45, 2.75) is 6.42 Å². The second kappa shape index (κ2) is 7.74. The van der Waals surface area contributed by atoms with Crippen molar-refractivity contribution < 1.29 is 24.2 Å². The van der Waals surface area contributed by atoms with Crippen molar-refractivity contribution in [3.63, 3.8) is 0 Å². The van der Waals surface area contributed by atoms with Gasteiger partial charge in [-0.15, -0.1) is 0 Å². The number of aromatic carboxylic acids is 1. The average molecular weight is 313 g/mol. The number of amides is 1. The maximum atomic E-state index is 11.8. The number of hydrogen-bond acceptors (Lipinski definition) is 4. The van der Waals surface area contributed by atoms with E-state index in [0.717, 1.165) is 0 Å². The Morgan fingerprint density at radius 2 is 1.61 bits per heavy atom. The summed E-state index contributed by atoms with van der Waals surface area (Å²) < 4.78 is 5.02. The molecule has 23 heavy (non-hydrogen) atoms. The second-order valence-corrected chi connectivity index (χ2v) is 4.65. The largest absolute Gasteiger partial charge is 0.478 e. The van der Waals surface area contributed by atoms with Crippen LogP contribution in [-0.2, 0) is 4.79 Å². The van der Waals surface area contributed by atoms with E-state index in [0.29, 0.717) is 5.56 Å². The van der Waals surface area contributed by atoms with Gasteiger partial charge in [0.15, 0.2) is 0 Å². The molecule has 118 valence electrons. The number of carboxylic acid groups (broad SMARTS) is 1. The minimum Gasteiger partial charge on any atom is -0.478 e. The molecule has 0 atom stereocenters. The molecule has 0 radical (unpaired) electrons. The Kier molecular flexibility index (Phi) is 5.46. The first kappa shape index (κ1) is 16.2. The summed E-state index contributed by atoms with van der Waals surface area (Å²) >= 11 is 0. The van der Waals surface area contributed by atoms with Crippen LogP contribution in [0, 0.1) is 0 Å². The van der Waals surface area contributed by atoms with Gasteiger partial charge < -0.3 is 15.2 Å². The van der Waals surface area contributed by atoms with Gasteiger partial charge in [0.05, 0.1) is 6.42 Å². The summed E-state index contributed by atoms with van der Waals surface area (Å²) in [5, 5.41) is 11.6. The summed E-state index contributed by atoms with van der Waals surface area (Å²) in [5.74, 6) is -2.10. The summed E-state index contributed by atoms with van der Waals surface area (Å²) in [6.45, 7) is 0.0990. The van der Waals surface area contributed by atoms with E-state index in [1.165, 1.54) is 12.1 Å². The van der Waals surface area contributed by atoms with Gasteiger partial charge in [0.1, 0.15) is 11.3 Å². The lowest BCUT2D eigenvalue weighted by molar-refractivity contribution is -0.134. The number of nitrogens with one attached hydrogen (secondary N) is 1. The van der Waals surface area contributed by atoms with Crippen LogP contribution in [0.15, 0.2) is 54.6 Å². The number of carbonyl (C=O) groups is 3. The first-order valence-corrected chi connectivity index (χ1v) is 6.94. The Morgan fingerprint density at radius 3 is 2.30 bits per heavy atom. The van der Waals surface area contributed by atoms with Crippen molar-refractivity contribution in [1.29, 1.82) is 0 Å². The zero-order valence-corrected chi connectivity index (χ0v) is 12.2. The van der Waals surface area contributed by atoms with E-state index in [-0.39, 0.29) is 30.2 Å². The summed E-state index contributed by atoms with van der Waals surface area (Å²) in [7, 11) is 0. The second-order valence-electron chi connectivity index (χ2n) is 4.65. The monoisotopic (exact) mass is 313 g/mol. The normalized spacial score (nSPS) is 9.91. The highest BCUT2D eigenvalue weighted by atomic mass is 16.5. The minimum absolute atomic E-state index is 0.0145. The maximum absolute atomic E-state index is 11.8. The van der Waals surface area contributed by atoms with Crippen LogP contribution in [0.3, 0.4) is 0 Å².